The second-order valence-electron chi connectivity index (χ2n) is 8.17. The van der Waals surface area contributed by atoms with E-state index in [1.807, 2.05) is 76.2 Å². The van der Waals surface area contributed by atoms with Crippen molar-refractivity contribution < 1.29 is 19.0 Å². The van der Waals surface area contributed by atoms with Gasteiger partial charge in [-0.15, -0.1) is 0 Å². The van der Waals surface area contributed by atoms with Gasteiger partial charge in [0, 0.05) is 6.54 Å². The maximum Gasteiger partial charge on any atom is 0.410 e. The summed E-state index contributed by atoms with van der Waals surface area (Å²) in [5.74, 6) is 2.32. The van der Waals surface area contributed by atoms with Crippen LogP contribution in [0.1, 0.15) is 39.2 Å². The van der Waals surface area contributed by atoms with Crippen molar-refractivity contribution in [3.63, 3.8) is 0 Å². The van der Waals surface area contributed by atoms with E-state index in [9.17, 15) is 4.79 Å². The van der Waals surface area contributed by atoms with Gasteiger partial charge in [0.2, 0.25) is 0 Å². The van der Waals surface area contributed by atoms with Gasteiger partial charge in [-0.3, -0.25) is 0 Å². The molecule has 28 heavy (non-hydrogen) atoms. The standard InChI is InChI=1S/C23H29NO4/c1-17-7-9-20(10-8-17)27-21-13-11-19(12-14-21)26-16-18-6-5-15-24(18)22(25)28-23(2,3)4/h7-14,18H,5-6,15-16H2,1-4H3/t18-/m1/s1. The van der Waals surface area contributed by atoms with Crippen molar-refractivity contribution in [1.29, 1.82) is 0 Å². The van der Waals surface area contributed by atoms with Crippen LogP contribution in [0.15, 0.2) is 48.5 Å². The smallest absolute Gasteiger partial charge is 0.410 e. The molecule has 3 rings (SSSR count). The van der Waals surface area contributed by atoms with Crippen LogP contribution < -0.4 is 9.47 Å². The molecule has 1 fully saturated rings. The van der Waals surface area contributed by atoms with E-state index >= 15 is 0 Å². The van der Waals surface area contributed by atoms with Crippen molar-refractivity contribution in [3.8, 4) is 17.2 Å². The van der Waals surface area contributed by atoms with Crippen LogP contribution in [0.25, 0.3) is 0 Å². The van der Waals surface area contributed by atoms with Crippen LogP contribution in [0.5, 0.6) is 17.2 Å². The Bertz CT molecular complexity index is 778. The fourth-order valence-electron chi connectivity index (χ4n) is 3.11. The summed E-state index contributed by atoms with van der Waals surface area (Å²) in [5.41, 5.74) is 0.710. The van der Waals surface area contributed by atoms with Crippen LogP contribution in [0.4, 0.5) is 4.79 Å². The molecule has 0 unspecified atom stereocenters. The Morgan fingerprint density at radius 3 is 2.18 bits per heavy atom. The van der Waals surface area contributed by atoms with Gasteiger partial charge in [-0.05, 0) is 76.9 Å². The lowest BCUT2D eigenvalue weighted by Crippen LogP contribution is -2.42. The zero-order valence-electron chi connectivity index (χ0n) is 17.1. The summed E-state index contributed by atoms with van der Waals surface area (Å²) in [7, 11) is 0. The molecule has 150 valence electrons. The van der Waals surface area contributed by atoms with Gasteiger partial charge in [0.15, 0.2) is 0 Å². The topological polar surface area (TPSA) is 48.0 Å². The highest BCUT2D eigenvalue weighted by atomic mass is 16.6. The molecular weight excluding hydrogens is 354 g/mol. The molecule has 0 bridgehead atoms. The monoisotopic (exact) mass is 383 g/mol. The normalized spacial score (nSPS) is 16.7. The molecule has 2 aromatic carbocycles. The molecule has 0 spiro atoms. The lowest BCUT2D eigenvalue weighted by atomic mass is 10.2. The van der Waals surface area contributed by atoms with E-state index in [0.29, 0.717) is 13.2 Å². The van der Waals surface area contributed by atoms with Gasteiger partial charge in [0.1, 0.15) is 29.5 Å². The Balaban J connectivity index is 1.52. The van der Waals surface area contributed by atoms with Crippen LogP contribution in [0.2, 0.25) is 0 Å². The first-order valence-corrected chi connectivity index (χ1v) is 9.77. The fourth-order valence-corrected chi connectivity index (χ4v) is 3.11. The first-order chi connectivity index (χ1) is 13.3. The SMILES string of the molecule is Cc1ccc(Oc2ccc(OC[C@H]3CCCN3C(=O)OC(C)(C)C)cc2)cc1. The van der Waals surface area contributed by atoms with Crippen molar-refractivity contribution >= 4 is 6.09 Å². The van der Waals surface area contributed by atoms with E-state index in [0.717, 1.165) is 30.1 Å². The molecule has 2 aromatic rings. The number of likely N-dealkylation sites (tertiary alicyclic amines) is 1. The predicted octanol–water partition coefficient (Wildman–Crippen LogP) is 5.57. The van der Waals surface area contributed by atoms with E-state index in [4.69, 9.17) is 14.2 Å². The van der Waals surface area contributed by atoms with Crippen molar-refractivity contribution in [2.24, 2.45) is 0 Å². The number of nitrogens with zero attached hydrogens (tertiary/aromatic N) is 1. The number of amides is 1. The molecule has 0 aliphatic carbocycles. The summed E-state index contributed by atoms with van der Waals surface area (Å²) in [5, 5.41) is 0. The second-order valence-corrected chi connectivity index (χ2v) is 8.17. The Kier molecular flexibility index (Phi) is 6.12. The second kappa shape index (κ2) is 8.55. The Morgan fingerprint density at radius 1 is 1.00 bits per heavy atom. The van der Waals surface area contributed by atoms with Crippen molar-refractivity contribution in [1.82, 2.24) is 4.90 Å². The molecule has 0 N–H and O–H groups in total. The molecule has 1 atom stereocenters. The van der Waals surface area contributed by atoms with Gasteiger partial charge >= 0.3 is 6.09 Å². The van der Waals surface area contributed by atoms with E-state index in [2.05, 4.69) is 0 Å². The summed E-state index contributed by atoms with van der Waals surface area (Å²) in [6.07, 6.45) is 1.63. The molecular formula is C23H29NO4. The maximum absolute atomic E-state index is 12.4. The van der Waals surface area contributed by atoms with Gasteiger partial charge in [0.05, 0.1) is 6.04 Å². The number of rotatable bonds is 5. The third-order valence-electron chi connectivity index (χ3n) is 4.53. The maximum atomic E-state index is 12.4. The number of ether oxygens (including phenoxy) is 3. The lowest BCUT2D eigenvalue weighted by molar-refractivity contribution is 0.0187. The number of benzene rings is 2. The highest BCUT2D eigenvalue weighted by molar-refractivity contribution is 5.69. The van der Waals surface area contributed by atoms with Crippen LogP contribution in [-0.2, 0) is 4.74 Å². The largest absolute Gasteiger partial charge is 0.491 e. The highest BCUT2D eigenvalue weighted by Crippen LogP contribution is 2.26. The molecule has 1 aliphatic rings. The molecule has 1 saturated heterocycles. The summed E-state index contributed by atoms with van der Waals surface area (Å²) in [4.78, 5) is 14.1. The van der Waals surface area contributed by atoms with Gasteiger partial charge < -0.3 is 19.1 Å². The first-order valence-electron chi connectivity index (χ1n) is 9.77. The zero-order valence-corrected chi connectivity index (χ0v) is 17.1. The predicted molar refractivity (Wildman–Crippen MR) is 109 cm³/mol. The van der Waals surface area contributed by atoms with E-state index in [1.165, 1.54) is 5.56 Å². The minimum Gasteiger partial charge on any atom is -0.491 e. The minimum atomic E-state index is -0.488. The molecule has 0 saturated carbocycles. The third kappa shape index (κ3) is 5.65. The first kappa shape index (κ1) is 20.1. The molecule has 0 radical (unpaired) electrons. The Hall–Kier alpha value is -2.69. The number of hydrogen-bond acceptors (Lipinski definition) is 4. The lowest BCUT2D eigenvalue weighted by Gasteiger charge is -2.28. The summed E-state index contributed by atoms with van der Waals surface area (Å²) >= 11 is 0. The average Bonchev–Trinajstić information content (AvgIpc) is 3.10. The van der Waals surface area contributed by atoms with E-state index < -0.39 is 5.60 Å². The number of aryl methyl sites for hydroxylation is 1. The highest BCUT2D eigenvalue weighted by Gasteiger charge is 2.32. The van der Waals surface area contributed by atoms with Crippen molar-refractivity contribution in [2.75, 3.05) is 13.2 Å². The van der Waals surface area contributed by atoms with Crippen molar-refractivity contribution in [2.45, 2.75) is 52.2 Å². The summed E-state index contributed by atoms with van der Waals surface area (Å²) in [6, 6.07) is 15.5. The molecule has 1 amide bonds. The summed E-state index contributed by atoms with van der Waals surface area (Å²) in [6.45, 7) is 8.86. The Morgan fingerprint density at radius 2 is 1.57 bits per heavy atom. The Labute approximate surface area is 167 Å². The summed E-state index contributed by atoms with van der Waals surface area (Å²) < 4.78 is 17.3. The van der Waals surface area contributed by atoms with Crippen LogP contribution in [-0.4, -0.2) is 35.8 Å². The fraction of sp³-hybridized carbons (Fsp3) is 0.435. The molecule has 1 aliphatic heterocycles. The van der Waals surface area contributed by atoms with E-state index in [-0.39, 0.29) is 12.1 Å². The molecule has 1 heterocycles. The van der Waals surface area contributed by atoms with Gasteiger partial charge in [-0.1, -0.05) is 17.7 Å². The molecule has 5 heteroatoms. The van der Waals surface area contributed by atoms with Gasteiger partial charge in [-0.2, -0.15) is 0 Å². The zero-order chi connectivity index (χ0) is 20.1. The van der Waals surface area contributed by atoms with E-state index in [1.54, 1.807) is 4.90 Å². The number of carbonyl (C=O) groups excluding carboxylic acids is 1. The molecule has 0 aromatic heterocycles. The third-order valence-corrected chi connectivity index (χ3v) is 4.53. The number of hydrogen-bond donors (Lipinski definition) is 0. The average molecular weight is 383 g/mol. The van der Waals surface area contributed by atoms with Gasteiger partial charge in [0.25, 0.3) is 0 Å². The van der Waals surface area contributed by atoms with Crippen LogP contribution in [0, 0.1) is 6.92 Å². The van der Waals surface area contributed by atoms with Crippen LogP contribution >= 0.6 is 0 Å². The van der Waals surface area contributed by atoms with Crippen molar-refractivity contribution in [3.05, 3.63) is 54.1 Å². The quantitative estimate of drug-likeness (QED) is 0.678. The van der Waals surface area contributed by atoms with Gasteiger partial charge in [-0.25, -0.2) is 4.79 Å². The number of carbonyl (C=O) groups is 1. The minimum absolute atomic E-state index is 0.0401. The molecule has 5 nitrogen and oxygen atoms in total. The van der Waals surface area contributed by atoms with Crippen LogP contribution in [0.3, 0.4) is 0 Å².